The van der Waals surface area contributed by atoms with Crippen LogP contribution in [0.15, 0.2) is 35.6 Å². The lowest BCUT2D eigenvalue weighted by molar-refractivity contribution is -0.157. The monoisotopic (exact) mass is 790 g/mol. The number of hydrogen-bond donors (Lipinski definition) is 1. The lowest BCUT2D eigenvalue weighted by atomic mass is 9.86. The van der Waals surface area contributed by atoms with Gasteiger partial charge in [0, 0.05) is 25.3 Å². The summed E-state index contributed by atoms with van der Waals surface area (Å²) in [4.78, 5) is 77.1. The molecular weight excluding hydrogens is 737 g/mol. The van der Waals surface area contributed by atoms with Gasteiger partial charge in [-0.05, 0) is 94.7 Å². The molecule has 0 radical (unpaired) electrons. The molecule has 4 saturated carbocycles. The molecule has 3 heterocycles. The standard InChI is InChI=1S/C42H54N4O9S/c1-4-27-22-42(27,39(51)44-56(52,53)30-14-15-30)23-35(47)34-19-29-24-46(34)38(50)32(26-10-7-8-11-26)20-36(48)55-41(3)21-28(41)12-6-5-9-17-45-37(49)31-16-13-25(2)18-33(31)43-40(45)54-29/h4,13,16,18,26-30,32,34H,1,5-12,14-15,17,19-24H2,2-3H3,(H,44,51)/t27-,28-,29-,32+,34+,41-,42-/m1/s1. The third-order valence-electron chi connectivity index (χ3n) is 13.6. The molecule has 0 spiro atoms. The fraction of sp³-hybridized carbons (Fsp3) is 0.667. The highest BCUT2D eigenvalue weighted by molar-refractivity contribution is 7.90. The van der Waals surface area contributed by atoms with Crippen LogP contribution in [-0.2, 0) is 40.5 Å². The predicted molar refractivity (Wildman–Crippen MR) is 207 cm³/mol. The van der Waals surface area contributed by atoms with Crippen molar-refractivity contribution in [3.8, 4) is 6.01 Å². The number of esters is 1. The van der Waals surface area contributed by atoms with Gasteiger partial charge in [0.25, 0.3) is 11.6 Å². The second-order valence-corrected chi connectivity index (χ2v) is 19.7. The summed E-state index contributed by atoms with van der Waals surface area (Å²) < 4.78 is 42.1. The maximum Gasteiger partial charge on any atom is 0.307 e. The number of benzene rings is 1. The summed E-state index contributed by atoms with van der Waals surface area (Å²) in [6, 6.07) is 4.60. The topological polar surface area (TPSA) is 171 Å². The van der Waals surface area contributed by atoms with Crippen LogP contribution in [0.2, 0.25) is 0 Å². The highest BCUT2D eigenvalue weighted by Crippen LogP contribution is 2.57. The Morgan fingerprint density at radius 3 is 2.50 bits per heavy atom. The van der Waals surface area contributed by atoms with E-state index in [1.165, 1.54) is 4.90 Å². The molecule has 6 aliphatic rings. The van der Waals surface area contributed by atoms with Gasteiger partial charge in [0.2, 0.25) is 21.8 Å². The quantitative estimate of drug-likeness (QED) is 0.287. The van der Waals surface area contributed by atoms with Crippen LogP contribution in [0, 0.1) is 36.0 Å². The number of Topliss-reactive ketones (excluding diaryl/α,β-unsaturated/α-hetero) is 1. The number of sulfonamides is 1. The lowest BCUT2D eigenvalue weighted by Crippen LogP contribution is -2.47. The number of rotatable bonds is 8. The summed E-state index contributed by atoms with van der Waals surface area (Å²) in [6.45, 7) is 8.10. The molecule has 1 aromatic carbocycles. The Hall–Kier alpha value is -4.07. The minimum absolute atomic E-state index is 0.00909. The molecule has 2 amide bonds. The van der Waals surface area contributed by atoms with Crippen LogP contribution in [0.25, 0.3) is 10.9 Å². The van der Waals surface area contributed by atoms with E-state index in [2.05, 4.69) is 11.3 Å². The van der Waals surface area contributed by atoms with Crippen molar-refractivity contribution < 1.29 is 37.1 Å². The molecule has 5 fully saturated rings. The maximum atomic E-state index is 14.9. The Morgan fingerprint density at radius 1 is 1.04 bits per heavy atom. The summed E-state index contributed by atoms with van der Waals surface area (Å²) >= 11 is 0. The number of carbonyl (C=O) groups excluding carboxylic acids is 4. The average Bonchev–Trinajstić information content (AvgIpc) is 4.10. The number of amides is 2. The fourth-order valence-corrected chi connectivity index (χ4v) is 11.2. The highest BCUT2D eigenvalue weighted by Gasteiger charge is 2.62. The van der Waals surface area contributed by atoms with Gasteiger partial charge in [-0.1, -0.05) is 37.8 Å². The number of nitrogens with zero attached hydrogens (tertiary/aromatic N) is 3. The smallest absolute Gasteiger partial charge is 0.307 e. The zero-order chi connectivity index (χ0) is 39.6. The van der Waals surface area contributed by atoms with Crippen LogP contribution in [-0.4, -0.2) is 76.0 Å². The van der Waals surface area contributed by atoms with Gasteiger partial charge in [0.1, 0.15) is 11.7 Å². The highest BCUT2D eigenvalue weighted by atomic mass is 32.2. The summed E-state index contributed by atoms with van der Waals surface area (Å²) in [6.07, 6.45) is 9.31. The molecule has 56 heavy (non-hydrogen) atoms. The largest absolute Gasteiger partial charge is 0.459 e. The Kier molecular flexibility index (Phi) is 10.2. The minimum Gasteiger partial charge on any atom is -0.459 e. The molecule has 14 heteroatoms. The van der Waals surface area contributed by atoms with Crippen LogP contribution in [0.1, 0.15) is 109 Å². The molecule has 302 valence electrons. The summed E-state index contributed by atoms with van der Waals surface area (Å²) in [5.74, 6) is -2.80. The van der Waals surface area contributed by atoms with Crippen molar-refractivity contribution in [1.82, 2.24) is 19.2 Å². The number of fused-ring (bicyclic) bond motifs is 5. The van der Waals surface area contributed by atoms with Crippen molar-refractivity contribution in [2.45, 2.75) is 140 Å². The number of carbonyl (C=O) groups is 4. The first-order chi connectivity index (χ1) is 26.7. The number of allylic oxidation sites excluding steroid dienone is 1. The molecule has 2 aliphatic heterocycles. The van der Waals surface area contributed by atoms with Gasteiger partial charge in [-0.2, -0.15) is 4.98 Å². The first-order valence-corrected chi connectivity index (χ1v) is 22.2. The number of ether oxygens (including phenoxy) is 2. The Morgan fingerprint density at radius 2 is 1.79 bits per heavy atom. The van der Waals surface area contributed by atoms with Crippen molar-refractivity contribution in [2.24, 2.45) is 29.1 Å². The SMILES string of the molecule is C=C[C@@H]1C[C@]1(CC(=O)[C@@H]1C[C@@H]2CN1C(=O)[C@H](C1CCCC1)CC(=O)O[C@]1(C)C[C@H]1CCCCCn1c(nc3cc(C)ccc3c1=O)O2)C(=O)NS(=O)(=O)C1CC1. The molecule has 13 nitrogen and oxygen atoms in total. The van der Waals surface area contributed by atoms with E-state index < -0.39 is 62.1 Å². The maximum absolute atomic E-state index is 14.9. The van der Waals surface area contributed by atoms with Crippen molar-refractivity contribution >= 4 is 44.5 Å². The third-order valence-corrected chi connectivity index (χ3v) is 15.5. The van der Waals surface area contributed by atoms with E-state index >= 15 is 0 Å². The van der Waals surface area contributed by atoms with Gasteiger partial charge >= 0.3 is 5.97 Å². The molecule has 2 bridgehead atoms. The Balaban J connectivity index is 1.14. The zero-order valence-electron chi connectivity index (χ0n) is 32.5. The lowest BCUT2D eigenvalue weighted by Gasteiger charge is -2.31. The summed E-state index contributed by atoms with van der Waals surface area (Å²) in [5.41, 5.74) is -0.673. The first kappa shape index (κ1) is 38.8. The second-order valence-electron chi connectivity index (χ2n) is 17.8. The number of hydrogen-bond acceptors (Lipinski definition) is 10. The molecule has 1 saturated heterocycles. The Bertz CT molecular complexity index is 2120. The fourth-order valence-electron chi connectivity index (χ4n) is 9.80. The second kappa shape index (κ2) is 14.7. The normalized spacial score (nSPS) is 32.7. The van der Waals surface area contributed by atoms with Crippen LogP contribution in [0.3, 0.4) is 0 Å². The number of nitrogens with one attached hydrogen (secondary N) is 1. The van der Waals surface area contributed by atoms with Gasteiger partial charge in [0.15, 0.2) is 5.78 Å². The molecule has 2 aromatic rings. The van der Waals surface area contributed by atoms with E-state index in [0.717, 1.165) is 56.9 Å². The zero-order valence-corrected chi connectivity index (χ0v) is 33.3. The van der Waals surface area contributed by atoms with Crippen LogP contribution in [0.4, 0.5) is 0 Å². The van der Waals surface area contributed by atoms with Gasteiger partial charge in [-0.3, -0.25) is 33.3 Å². The molecule has 1 aromatic heterocycles. The number of aromatic nitrogens is 2. The van der Waals surface area contributed by atoms with Gasteiger partial charge in [-0.25, -0.2) is 8.42 Å². The van der Waals surface area contributed by atoms with Crippen molar-refractivity contribution in [1.29, 1.82) is 0 Å². The molecule has 7 atom stereocenters. The summed E-state index contributed by atoms with van der Waals surface area (Å²) in [7, 11) is -3.87. The van der Waals surface area contributed by atoms with Crippen molar-refractivity contribution in [2.75, 3.05) is 6.54 Å². The van der Waals surface area contributed by atoms with E-state index in [9.17, 15) is 32.4 Å². The molecule has 0 unspecified atom stereocenters. The number of aryl methyl sites for hydroxylation is 1. The molecule has 8 rings (SSSR count). The molecule has 1 N–H and O–H groups in total. The predicted octanol–water partition coefficient (Wildman–Crippen LogP) is 4.91. The van der Waals surface area contributed by atoms with E-state index in [1.807, 2.05) is 26.0 Å². The minimum atomic E-state index is -3.87. The first-order valence-electron chi connectivity index (χ1n) is 20.6. The average molecular weight is 791 g/mol. The van der Waals surface area contributed by atoms with Gasteiger partial charge < -0.3 is 14.4 Å². The van der Waals surface area contributed by atoms with E-state index in [1.54, 1.807) is 16.7 Å². The van der Waals surface area contributed by atoms with Crippen LogP contribution >= 0.6 is 0 Å². The number of ketones is 1. The van der Waals surface area contributed by atoms with Crippen molar-refractivity contribution in [3.63, 3.8) is 0 Å². The van der Waals surface area contributed by atoms with Crippen molar-refractivity contribution in [3.05, 3.63) is 46.8 Å². The van der Waals surface area contributed by atoms with Crippen LogP contribution < -0.4 is 15.0 Å². The summed E-state index contributed by atoms with van der Waals surface area (Å²) in [5, 5.41) is -0.137. The van der Waals surface area contributed by atoms with E-state index in [4.69, 9.17) is 14.5 Å². The van der Waals surface area contributed by atoms with E-state index in [0.29, 0.717) is 36.7 Å². The van der Waals surface area contributed by atoms with Gasteiger partial charge in [0.05, 0.1) is 46.5 Å². The molecule has 4 aliphatic carbocycles. The van der Waals surface area contributed by atoms with E-state index in [-0.39, 0.29) is 67.3 Å². The Labute approximate surface area is 328 Å². The van der Waals surface area contributed by atoms with Crippen LogP contribution in [0.5, 0.6) is 6.01 Å². The third kappa shape index (κ3) is 7.54. The molecular formula is C42H54N4O9S. The van der Waals surface area contributed by atoms with Gasteiger partial charge in [-0.15, -0.1) is 6.58 Å².